The van der Waals surface area contributed by atoms with E-state index in [-0.39, 0.29) is 11.9 Å². The maximum Gasteiger partial charge on any atom is 0.267 e. The normalized spacial score (nSPS) is 12.6. The van der Waals surface area contributed by atoms with Gasteiger partial charge < -0.3 is 16.0 Å². The topological polar surface area (TPSA) is 70.9 Å². The molecule has 90 valence electrons. The van der Waals surface area contributed by atoms with Crippen LogP contribution in [0, 0.1) is 0 Å². The molecule has 0 radical (unpaired) electrons. The van der Waals surface area contributed by atoms with Gasteiger partial charge in [0, 0.05) is 18.0 Å². The number of para-hydroxylation sites is 1. The lowest BCUT2D eigenvalue weighted by Gasteiger charge is -2.05. The summed E-state index contributed by atoms with van der Waals surface area (Å²) in [6.45, 7) is 2.28. The highest BCUT2D eigenvalue weighted by atomic mass is 35.5. The standard InChI is InChI=1S/C12H14ClN3O/c1-7(14)6-15-12(17)10-5-8-3-2-4-9(13)11(8)16-10/h2-5,7,16H,6,14H2,1H3,(H,15,17). The number of fused-ring (bicyclic) bond motifs is 1. The smallest absolute Gasteiger partial charge is 0.267 e. The molecule has 4 nitrogen and oxygen atoms in total. The van der Waals surface area contributed by atoms with E-state index in [2.05, 4.69) is 10.3 Å². The molecule has 1 heterocycles. The maximum atomic E-state index is 11.8. The van der Waals surface area contributed by atoms with E-state index >= 15 is 0 Å². The number of hydrogen-bond acceptors (Lipinski definition) is 2. The number of aromatic nitrogens is 1. The largest absolute Gasteiger partial charge is 0.349 e. The first-order chi connectivity index (χ1) is 8.08. The van der Waals surface area contributed by atoms with Gasteiger partial charge in [0.25, 0.3) is 5.91 Å². The van der Waals surface area contributed by atoms with Crippen LogP contribution in [0.4, 0.5) is 0 Å². The third-order valence-electron chi connectivity index (χ3n) is 2.43. The van der Waals surface area contributed by atoms with Crippen molar-refractivity contribution in [2.75, 3.05) is 6.54 Å². The number of aromatic amines is 1. The van der Waals surface area contributed by atoms with Crippen molar-refractivity contribution in [3.8, 4) is 0 Å². The summed E-state index contributed by atoms with van der Waals surface area (Å²) in [5.41, 5.74) is 6.84. The van der Waals surface area contributed by atoms with Crippen LogP contribution in [0.3, 0.4) is 0 Å². The molecule has 1 aromatic heterocycles. The molecule has 2 aromatic rings. The van der Waals surface area contributed by atoms with E-state index in [9.17, 15) is 4.79 Å². The Morgan fingerprint density at radius 3 is 3.00 bits per heavy atom. The first kappa shape index (κ1) is 12.0. The van der Waals surface area contributed by atoms with Crippen molar-refractivity contribution in [1.82, 2.24) is 10.3 Å². The number of carbonyl (C=O) groups excluding carboxylic acids is 1. The Bertz CT molecular complexity index is 548. The highest BCUT2D eigenvalue weighted by Crippen LogP contribution is 2.23. The van der Waals surface area contributed by atoms with Crippen molar-refractivity contribution in [2.24, 2.45) is 5.73 Å². The average molecular weight is 252 g/mol. The van der Waals surface area contributed by atoms with Crippen LogP contribution in [-0.2, 0) is 0 Å². The molecular formula is C12H14ClN3O. The Kier molecular flexibility index (Phi) is 3.36. The third-order valence-corrected chi connectivity index (χ3v) is 2.75. The zero-order chi connectivity index (χ0) is 12.4. The monoisotopic (exact) mass is 251 g/mol. The van der Waals surface area contributed by atoms with Gasteiger partial charge in [-0.05, 0) is 19.1 Å². The minimum atomic E-state index is -0.172. The van der Waals surface area contributed by atoms with Crippen molar-refractivity contribution in [3.05, 3.63) is 35.0 Å². The van der Waals surface area contributed by atoms with E-state index in [0.717, 1.165) is 10.9 Å². The van der Waals surface area contributed by atoms with Gasteiger partial charge in [-0.25, -0.2) is 0 Å². The van der Waals surface area contributed by atoms with Gasteiger partial charge in [0.15, 0.2) is 0 Å². The van der Waals surface area contributed by atoms with Gasteiger partial charge >= 0.3 is 0 Å². The van der Waals surface area contributed by atoms with Gasteiger partial charge in [-0.3, -0.25) is 4.79 Å². The molecule has 1 amide bonds. The molecule has 0 aliphatic heterocycles. The second-order valence-electron chi connectivity index (χ2n) is 4.07. The number of H-pyrrole nitrogens is 1. The fourth-order valence-electron chi connectivity index (χ4n) is 1.59. The molecular weight excluding hydrogens is 238 g/mol. The molecule has 0 saturated carbocycles. The number of carbonyl (C=O) groups is 1. The molecule has 17 heavy (non-hydrogen) atoms. The van der Waals surface area contributed by atoms with Crippen LogP contribution in [0.2, 0.25) is 5.02 Å². The summed E-state index contributed by atoms with van der Waals surface area (Å²) < 4.78 is 0. The molecule has 0 fully saturated rings. The number of hydrogen-bond donors (Lipinski definition) is 3. The molecule has 0 spiro atoms. The summed E-state index contributed by atoms with van der Waals surface area (Å²) in [5, 5.41) is 4.27. The van der Waals surface area contributed by atoms with E-state index in [1.807, 2.05) is 19.1 Å². The van der Waals surface area contributed by atoms with Crippen molar-refractivity contribution in [1.29, 1.82) is 0 Å². The predicted molar refractivity (Wildman–Crippen MR) is 69.3 cm³/mol. The van der Waals surface area contributed by atoms with Crippen LogP contribution in [-0.4, -0.2) is 23.5 Å². The summed E-state index contributed by atoms with van der Waals surface area (Å²) in [4.78, 5) is 14.8. The van der Waals surface area contributed by atoms with Gasteiger partial charge in [-0.2, -0.15) is 0 Å². The molecule has 2 rings (SSSR count). The zero-order valence-corrected chi connectivity index (χ0v) is 10.2. The van der Waals surface area contributed by atoms with Crippen molar-refractivity contribution < 1.29 is 4.79 Å². The van der Waals surface area contributed by atoms with Gasteiger partial charge in [-0.1, -0.05) is 23.7 Å². The highest BCUT2D eigenvalue weighted by molar-refractivity contribution is 6.35. The van der Waals surface area contributed by atoms with Crippen molar-refractivity contribution in [2.45, 2.75) is 13.0 Å². The molecule has 0 saturated heterocycles. The van der Waals surface area contributed by atoms with Crippen LogP contribution in [0.15, 0.2) is 24.3 Å². The predicted octanol–water partition coefficient (Wildman–Crippen LogP) is 1.90. The first-order valence-electron chi connectivity index (χ1n) is 5.39. The lowest BCUT2D eigenvalue weighted by Crippen LogP contribution is -2.35. The van der Waals surface area contributed by atoms with E-state index < -0.39 is 0 Å². The number of halogens is 1. The van der Waals surface area contributed by atoms with Crippen LogP contribution in [0.25, 0.3) is 10.9 Å². The van der Waals surface area contributed by atoms with Crippen molar-refractivity contribution in [3.63, 3.8) is 0 Å². The summed E-state index contributed by atoms with van der Waals surface area (Å²) in [6.07, 6.45) is 0. The summed E-state index contributed by atoms with van der Waals surface area (Å²) in [5.74, 6) is -0.172. The van der Waals surface area contributed by atoms with Gasteiger partial charge in [0.2, 0.25) is 0 Å². The average Bonchev–Trinajstić information content (AvgIpc) is 2.71. The third kappa shape index (κ3) is 2.60. The Balaban J connectivity index is 2.24. The second kappa shape index (κ2) is 4.77. The highest BCUT2D eigenvalue weighted by Gasteiger charge is 2.10. The van der Waals surface area contributed by atoms with Gasteiger partial charge in [0.05, 0.1) is 10.5 Å². The SMILES string of the molecule is CC(N)CNC(=O)c1cc2cccc(Cl)c2[nH]1. The van der Waals surface area contributed by atoms with Crippen LogP contribution >= 0.6 is 11.6 Å². The first-order valence-corrected chi connectivity index (χ1v) is 5.76. The Hall–Kier alpha value is -1.52. The van der Waals surface area contributed by atoms with E-state index in [4.69, 9.17) is 17.3 Å². The number of nitrogens with two attached hydrogens (primary N) is 1. The molecule has 0 bridgehead atoms. The summed E-state index contributed by atoms with van der Waals surface area (Å²) >= 11 is 6.02. The Labute approximate surface area is 104 Å². The maximum absolute atomic E-state index is 11.8. The van der Waals surface area contributed by atoms with Crippen LogP contribution in [0.1, 0.15) is 17.4 Å². The lowest BCUT2D eigenvalue weighted by atomic mass is 10.2. The number of nitrogens with one attached hydrogen (secondary N) is 2. The fourth-order valence-corrected chi connectivity index (χ4v) is 1.82. The molecule has 0 aliphatic carbocycles. The molecule has 0 aliphatic rings. The minimum Gasteiger partial charge on any atom is -0.349 e. The number of rotatable bonds is 3. The number of benzene rings is 1. The lowest BCUT2D eigenvalue weighted by molar-refractivity contribution is 0.0947. The Morgan fingerprint density at radius 1 is 1.59 bits per heavy atom. The van der Waals surface area contributed by atoms with E-state index in [1.54, 1.807) is 12.1 Å². The summed E-state index contributed by atoms with van der Waals surface area (Å²) in [6, 6.07) is 7.25. The van der Waals surface area contributed by atoms with Gasteiger partial charge in [0.1, 0.15) is 5.69 Å². The zero-order valence-electron chi connectivity index (χ0n) is 9.46. The molecule has 4 N–H and O–H groups in total. The van der Waals surface area contributed by atoms with Crippen LogP contribution < -0.4 is 11.1 Å². The summed E-state index contributed by atoms with van der Waals surface area (Å²) in [7, 11) is 0. The quantitative estimate of drug-likeness (QED) is 0.780. The number of amides is 1. The molecule has 5 heteroatoms. The van der Waals surface area contributed by atoms with E-state index in [1.165, 1.54) is 0 Å². The van der Waals surface area contributed by atoms with E-state index in [0.29, 0.717) is 17.3 Å². The second-order valence-corrected chi connectivity index (χ2v) is 4.48. The van der Waals surface area contributed by atoms with Gasteiger partial charge in [-0.15, -0.1) is 0 Å². The minimum absolute atomic E-state index is 0.0630. The van der Waals surface area contributed by atoms with Crippen LogP contribution in [0.5, 0.6) is 0 Å². The Morgan fingerprint density at radius 2 is 2.35 bits per heavy atom. The molecule has 1 unspecified atom stereocenters. The van der Waals surface area contributed by atoms with Crippen molar-refractivity contribution >= 4 is 28.4 Å². The molecule has 1 aromatic carbocycles. The fraction of sp³-hybridized carbons (Fsp3) is 0.250. The molecule has 1 atom stereocenters.